The second-order valence-corrected chi connectivity index (χ2v) is 6.97. The lowest BCUT2D eigenvalue weighted by molar-refractivity contribution is -0.130. The molecule has 1 saturated heterocycles. The van der Waals surface area contributed by atoms with E-state index in [1.165, 1.54) is 7.05 Å². The second kappa shape index (κ2) is 6.49. The van der Waals surface area contributed by atoms with Crippen LogP contribution in [-0.2, 0) is 14.8 Å². The van der Waals surface area contributed by atoms with Crippen molar-refractivity contribution in [1.82, 2.24) is 9.21 Å². The molecular formula is C11H23N3O3S. The molecule has 0 aliphatic carbocycles. The number of sulfonamides is 1. The topological polar surface area (TPSA) is 83.7 Å². The second-order valence-electron chi connectivity index (χ2n) is 4.65. The van der Waals surface area contributed by atoms with Crippen molar-refractivity contribution in [3.8, 4) is 0 Å². The van der Waals surface area contributed by atoms with Crippen molar-refractivity contribution >= 4 is 15.9 Å². The molecule has 106 valence electrons. The largest absolute Gasteiger partial charge is 0.342 e. The normalized spacial score (nSPS) is 18.3. The van der Waals surface area contributed by atoms with E-state index in [4.69, 9.17) is 5.73 Å². The van der Waals surface area contributed by atoms with Gasteiger partial charge in [0.05, 0.1) is 11.8 Å². The molecule has 0 aromatic carbocycles. The molecule has 1 amide bonds. The van der Waals surface area contributed by atoms with Crippen molar-refractivity contribution in [2.45, 2.75) is 31.4 Å². The fourth-order valence-corrected chi connectivity index (χ4v) is 3.56. The molecule has 1 rings (SSSR count). The van der Waals surface area contributed by atoms with Gasteiger partial charge in [-0.2, -0.15) is 4.31 Å². The maximum absolute atomic E-state index is 12.1. The molecule has 1 aliphatic rings. The zero-order chi connectivity index (χ0) is 13.8. The fraction of sp³-hybridized carbons (Fsp3) is 0.909. The molecule has 0 spiro atoms. The summed E-state index contributed by atoms with van der Waals surface area (Å²) in [5, 5.41) is -0.603. The number of likely N-dealkylation sites (tertiary alicyclic amines) is 1. The number of rotatable bonds is 6. The Kier molecular flexibility index (Phi) is 5.55. The Balaban J connectivity index is 2.63. The van der Waals surface area contributed by atoms with Crippen LogP contribution in [0.15, 0.2) is 0 Å². The Morgan fingerprint density at radius 2 is 1.94 bits per heavy atom. The highest BCUT2D eigenvalue weighted by Crippen LogP contribution is 2.12. The van der Waals surface area contributed by atoms with Crippen LogP contribution in [-0.4, -0.2) is 62.0 Å². The summed E-state index contributed by atoms with van der Waals surface area (Å²) in [4.78, 5) is 13.6. The molecule has 7 heteroatoms. The molecule has 6 nitrogen and oxygen atoms in total. The molecule has 0 aromatic heterocycles. The predicted octanol–water partition coefficient (Wildman–Crippen LogP) is -0.392. The Labute approximate surface area is 109 Å². The Morgan fingerprint density at radius 3 is 2.39 bits per heavy atom. The van der Waals surface area contributed by atoms with E-state index in [1.54, 1.807) is 11.8 Å². The zero-order valence-electron chi connectivity index (χ0n) is 11.1. The summed E-state index contributed by atoms with van der Waals surface area (Å²) < 4.78 is 25.4. The summed E-state index contributed by atoms with van der Waals surface area (Å²) in [5.41, 5.74) is 5.46. The minimum atomic E-state index is -3.46. The maximum Gasteiger partial charge on any atom is 0.237 e. The summed E-state index contributed by atoms with van der Waals surface area (Å²) in [6, 6.07) is 0. The molecule has 1 aliphatic heterocycles. The SMILES string of the molecule is CCC(CN)S(=O)(=O)N(C)CC(=O)N1CCCC1. The van der Waals surface area contributed by atoms with Gasteiger partial charge in [-0.25, -0.2) is 8.42 Å². The van der Waals surface area contributed by atoms with E-state index in [1.807, 2.05) is 0 Å². The Morgan fingerprint density at radius 1 is 1.39 bits per heavy atom. The first-order valence-corrected chi connectivity index (χ1v) is 7.86. The van der Waals surface area contributed by atoms with E-state index in [2.05, 4.69) is 0 Å². The number of likely N-dealkylation sites (N-methyl/N-ethyl adjacent to an activating group) is 1. The van der Waals surface area contributed by atoms with E-state index >= 15 is 0 Å². The average Bonchev–Trinajstić information content (AvgIpc) is 2.83. The van der Waals surface area contributed by atoms with Gasteiger partial charge in [0.25, 0.3) is 0 Å². The Hall–Kier alpha value is -0.660. The van der Waals surface area contributed by atoms with E-state index < -0.39 is 15.3 Å². The van der Waals surface area contributed by atoms with Gasteiger partial charge < -0.3 is 10.6 Å². The first-order chi connectivity index (χ1) is 8.43. The quantitative estimate of drug-likeness (QED) is 0.716. The predicted molar refractivity (Wildman–Crippen MR) is 70.5 cm³/mol. The molecule has 1 atom stereocenters. The third-order valence-electron chi connectivity index (χ3n) is 3.39. The van der Waals surface area contributed by atoms with E-state index in [0.29, 0.717) is 6.42 Å². The van der Waals surface area contributed by atoms with Crippen LogP contribution in [0.25, 0.3) is 0 Å². The van der Waals surface area contributed by atoms with Gasteiger partial charge in [-0.3, -0.25) is 4.79 Å². The number of hydrogen-bond donors (Lipinski definition) is 1. The van der Waals surface area contributed by atoms with Crippen molar-refractivity contribution in [2.75, 3.05) is 33.2 Å². The van der Waals surface area contributed by atoms with Crippen molar-refractivity contribution in [3.05, 3.63) is 0 Å². The van der Waals surface area contributed by atoms with Crippen LogP contribution in [0.5, 0.6) is 0 Å². The molecule has 1 heterocycles. The number of nitrogens with two attached hydrogens (primary N) is 1. The highest BCUT2D eigenvalue weighted by molar-refractivity contribution is 7.89. The summed E-state index contributed by atoms with van der Waals surface area (Å²) in [6.07, 6.45) is 2.46. The molecule has 0 radical (unpaired) electrons. The minimum Gasteiger partial charge on any atom is -0.342 e. The first kappa shape index (κ1) is 15.4. The molecule has 0 bridgehead atoms. The number of carbonyl (C=O) groups excluding carboxylic acids is 1. The minimum absolute atomic E-state index is 0.0844. The van der Waals surface area contributed by atoms with Gasteiger partial charge in [0, 0.05) is 26.7 Å². The fourth-order valence-electron chi connectivity index (χ4n) is 2.10. The molecule has 2 N–H and O–H groups in total. The summed E-state index contributed by atoms with van der Waals surface area (Å²) in [5.74, 6) is -0.120. The van der Waals surface area contributed by atoms with Gasteiger partial charge in [0.1, 0.15) is 0 Å². The number of hydrogen-bond acceptors (Lipinski definition) is 4. The van der Waals surface area contributed by atoms with Crippen LogP contribution in [0.1, 0.15) is 26.2 Å². The van der Waals surface area contributed by atoms with Crippen LogP contribution in [0, 0.1) is 0 Å². The average molecular weight is 277 g/mol. The van der Waals surface area contributed by atoms with E-state index in [-0.39, 0.29) is 19.0 Å². The lowest BCUT2D eigenvalue weighted by atomic mass is 10.3. The summed E-state index contributed by atoms with van der Waals surface area (Å²) in [7, 11) is -2.02. The van der Waals surface area contributed by atoms with Crippen molar-refractivity contribution in [3.63, 3.8) is 0 Å². The number of amides is 1. The lowest BCUT2D eigenvalue weighted by Crippen LogP contribution is -2.45. The lowest BCUT2D eigenvalue weighted by Gasteiger charge is -2.24. The molecule has 1 fully saturated rings. The van der Waals surface area contributed by atoms with Crippen LogP contribution in [0.2, 0.25) is 0 Å². The van der Waals surface area contributed by atoms with Crippen LogP contribution in [0.3, 0.4) is 0 Å². The number of carbonyl (C=O) groups is 1. The monoisotopic (exact) mass is 277 g/mol. The van der Waals surface area contributed by atoms with Gasteiger partial charge in [0.15, 0.2) is 0 Å². The molecule has 1 unspecified atom stereocenters. The van der Waals surface area contributed by atoms with Gasteiger partial charge >= 0.3 is 0 Å². The van der Waals surface area contributed by atoms with Gasteiger partial charge in [-0.05, 0) is 19.3 Å². The van der Waals surface area contributed by atoms with Crippen molar-refractivity contribution in [1.29, 1.82) is 0 Å². The standard InChI is InChI=1S/C11H23N3O3S/c1-3-10(8-12)18(16,17)13(2)9-11(15)14-6-4-5-7-14/h10H,3-9,12H2,1-2H3. The summed E-state index contributed by atoms with van der Waals surface area (Å²) in [6.45, 7) is 3.26. The van der Waals surface area contributed by atoms with Crippen LogP contribution >= 0.6 is 0 Å². The van der Waals surface area contributed by atoms with Crippen molar-refractivity contribution < 1.29 is 13.2 Å². The highest BCUT2D eigenvalue weighted by atomic mass is 32.2. The van der Waals surface area contributed by atoms with Gasteiger partial charge in [-0.15, -0.1) is 0 Å². The van der Waals surface area contributed by atoms with Crippen LogP contribution < -0.4 is 5.73 Å². The zero-order valence-corrected chi connectivity index (χ0v) is 11.9. The van der Waals surface area contributed by atoms with E-state index in [9.17, 15) is 13.2 Å². The summed E-state index contributed by atoms with van der Waals surface area (Å²) >= 11 is 0. The van der Waals surface area contributed by atoms with Gasteiger partial charge in [-0.1, -0.05) is 6.92 Å². The third kappa shape index (κ3) is 3.43. The van der Waals surface area contributed by atoms with Crippen LogP contribution in [0.4, 0.5) is 0 Å². The first-order valence-electron chi connectivity index (χ1n) is 6.36. The smallest absolute Gasteiger partial charge is 0.237 e. The highest BCUT2D eigenvalue weighted by Gasteiger charge is 2.30. The number of nitrogens with zero attached hydrogens (tertiary/aromatic N) is 2. The third-order valence-corrected chi connectivity index (χ3v) is 5.76. The molecular weight excluding hydrogens is 254 g/mol. The maximum atomic E-state index is 12.1. The Bertz CT molecular complexity index is 373. The van der Waals surface area contributed by atoms with Crippen molar-refractivity contribution in [2.24, 2.45) is 5.73 Å². The van der Waals surface area contributed by atoms with Gasteiger partial charge in [0.2, 0.25) is 15.9 Å². The molecule has 0 aromatic rings. The molecule has 18 heavy (non-hydrogen) atoms. The van der Waals surface area contributed by atoms with E-state index in [0.717, 1.165) is 30.2 Å². The molecule has 0 saturated carbocycles.